The van der Waals surface area contributed by atoms with Crippen LogP contribution in [-0.4, -0.2) is 53.0 Å². The number of hydrogen-bond acceptors (Lipinski definition) is 3. The number of fused-ring (bicyclic) bond motifs is 1. The summed E-state index contributed by atoms with van der Waals surface area (Å²) in [6, 6.07) is 16.4. The lowest BCUT2D eigenvalue weighted by Crippen LogP contribution is -2.45. The number of hydrogen-bond donors (Lipinski definition) is 2. The van der Waals surface area contributed by atoms with Crippen LogP contribution in [0.4, 0.5) is 4.79 Å². The van der Waals surface area contributed by atoms with Crippen LogP contribution < -0.4 is 5.32 Å². The zero-order chi connectivity index (χ0) is 20.2. The van der Waals surface area contributed by atoms with Gasteiger partial charge in [0.05, 0.1) is 11.0 Å². The Balaban J connectivity index is 1.39. The van der Waals surface area contributed by atoms with Gasteiger partial charge in [-0.3, -0.25) is 0 Å². The first-order valence-electron chi connectivity index (χ1n) is 10.3. The number of amides is 2. The second-order valence-electron chi connectivity index (χ2n) is 8.09. The molecule has 0 radical (unpaired) electrons. The lowest BCUT2D eigenvalue weighted by atomic mass is 9.97. The molecule has 3 aromatic rings. The minimum absolute atomic E-state index is 0.00506. The molecule has 2 heterocycles. The van der Waals surface area contributed by atoms with Crippen molar-refractivity contribution >= 4 is 17.1 Å². The maximum absolute atomic E-state index is 12.8. The molecule has 1 aliphatic rings. The highest BCUT2D eigenvalue weighted by molar-refractivity contribution is 5.75. The fourth-order valence-electron chi connectivity index (χ4n) is 4.06. The number of benzene rings is 2. The van der Waals surface area contributed by atoms with Crippen molar-refractivity contribution < 1.29 is 4.79 Å². The van der Waals surface area contributed by atoms with Crippen LogP contribution in [0, 0.1) is 0 Å². The zero-order valence-electron chi connectivity index (χ0n) is 17.2. The van der Waals surface area contributed by atoms with E-state index in [2.05, 4.69) is 41.4 Å². The van der Waals surface area contributed by atoms with Crippen LogP contribution in [0.2, 0.25) is 0 Å². The molecule has 0 unspecified atom stereocenters. The third-order valence-electron chi connectivity index (χ3n) is 5.54. The number of H-pyrrole nitrogens is 1. The van der Waals surface area contributed by atoms with E-state index in [9.17, 15) is 4.79 Å². The van der Waals surface area contributed by atoms with E-state index < -0.39 is 0 Å². The van der Waals surface area contributed by atoms with Crippen molar-refractivity contribution in [1.29, 1.82) is 0 Å². The Hall–Kier alpha value is -2.86. The summed E-state index contributed by atoms with van der Waals surface area (Å²) < 4.78 is 0. The van der Waals surface area contributed by atoms with E-state index in [0.29, 0.717) is 13.1 Å². The summed E-state index contributed by atoms with van der Waals surface area (Å²) in [6.07, 6.45) is 2.04. The Morgan fingerprint density at radius 2 is 1.93 bits per heavy atom. The molecule has 29 heavy (non-hydrogen) atoms. The molecule has 0 spiro atoms. The van der Waals surface area contributed by atoms with Gasteiger partial charge in [-0.1, -0.05) is 36.4 Å². The number of rotatable bonds is 5. The van der Waals surface area contributed by atoms with Crippen LogP contribution in [0.3, 0.4) is 0 Å². The number of imidazole rings is 1. The van der Waals surface area contributed by atoms with Crippen molar-refractivity contribution in [3.63, 3.8) is 0 Å². The van der Waals surface area contributed by atoms with Gasteiger partial charge in [-0.2, -0.15) is 0 Å². The number of carbonyl (C=O) groups is 1. The number of para-hydroxylation sites is 2. The van der Waals surface area contributed by atoms with Crippen molar-refractivity contribution in [2.45, 2.75) is 31.8 Å². The number of urea groups is 1. The fourth-order valence-corrected chi connectivity index (χ4v) is 4.06. The number of carbonyl (C=O) groups excluding carboxylic acids is 1. The molecule has 1 atom stereocenters. The molecule has 0 aliphatic carbocycles. The van der Waals surface area contributed by atoms with Gasteiger partial charge < -0.3 is 20.1 Å². The van der Waals surface area contributed by atoms with Crippen LogP contribution in [0.25, 0.3) is 11.0 Å². The van der Waals surface area contributed by atoms with E-state index in [1.54, 1.807) is 0 Å². The topological polar surface area (TPSA) is 64.3 Å². The van der Waals surface area contributed by atoms with Crippen LogP contribution >= 0.6 is 0 Å². The van der Waals surface area contributed by atoms with Gasteiger partial charge in [0.15, 0.2) is 0 Å². The molecule has 1 fully saturated rings. The van der Waals surface area contributed by atoms with Crippen molar-refractivity contribution in [3.05, 3.63) is 65.5 Å². The third kappa shape index (κ3) is 4.59. The molecular formula is C23H29N5O. The molecule has 2 amide bonds. The minimum Gasteiger partial charge on any atom is -0.342 e. The normalized spacial score (nSPS) is 17.1. The Kier molecular flexibility index (Phi) is 5.81. The minimum atomic E-state index is 0.00506. The molecule has 1 aromatic heterocycles. The summed E-state index contributed by atoms with van der Waals surface area (Å²) in [6.45, 7) is 2.91. The second kappa shape index (κ2) is 8.66. The number of likely N-dealkylation sites (tertiary alicyclic amines) is 1. The molecule has 0 saturated carbocycles. The van der Waals surface area contributed by atoms with Gasteiger partial charge in [-0.15, -0.1) is 0 Å². The summed E-state index contributed by atoms with van der Waals surface area (Å²) in [7, 11) is 4.11. The largest absolute Gasteiger partial charge is 0.342 e. The zero-order valence-corrected chi connectivity index (χ0v) is 17.2. The number of nitrogens with one attached hydrogen (secondary N) is 2. The number of aromatic nitrogens is 2. The van der Waals surface area contributed by atoms with Gasteiger partial charge in [0.1, 0.15) is 5.82 Å². The second-order valence-corrected chi connectivity index (χ2v) is 8.09. The molecule has 2 N–H and O–H groups in total. The van der Waals surface area contributed by atoms with Crippen LogP contribution in [0.5, 0.6) is 0 Å². The fraction of sp³-hybridized carbons (Fsp3) is 0.391. The van der Waals surface area contributed by atoms with Crippen LogP contribution in [0.15, 0.2) is 48.5 Å². The number of nitrogens with zero attached hydrogens (tertiary/aromatic N) is 3. The van der Waals surface area contributed by atoms with Gasteiger partial charge in [0.25, 0.3) is 0 Å². The molecule has 6 heteroatoms. The quantitative estimate of drug-likeness (QED) is 0.697. The van der Waals surface area contributed by atoms with Gasteiger partial charge in [-0.05, 0) is 50.2 Å². The first-order chi connectivity index (χ1) is 14.1. The third-order valence-corrected chi connectivity index (χ3v) is 5.54. The molecule has 4 rings (SSSR count). The van der Waals surface area contributed by atoms with E-state index in [-0.39, 0.29) is 11.9 Å². The van der Waals surface area contributed by atoms with Crippen molar-refractivity contribution in [2.75, 3.05) is 27.2 Å². The molecule has 1 saturated heterocycles. The van der Waals surface area contributed by atoms with E-state index in [0.717, 1.165) is 42.8 Å². The van der Waals surface area contributed by atoms with Crippen LogP contribution in [-0.2, 0) is 13.1 Å². The number of aromatic amines is 1. The molecule has 2 aromatic carbocycles. The highest BCUT2D eigenvalue weighted by Crippen LogP contribution is 2.26. The van der Waals surface area contributed by atoms with E-state index in [4.69, 9.17) is 4.98 Å². The maximum Gasteiger partial charge on any atom is 0.317 e. The van der Waals surface area contributed by atoms with Crippen molar-refractivity contribution in [2.24, 2.45) is 0 Å². The maximum atomic E-state index is 12.8. The van der Waals surface area contributed by atoms with Crippen LogP contribution in [0.1, 0.15) is 35.7 Å². The van der Waals surface area contributed by atoms with E-state index in [1.165, 1.54) is 11.1 Å². The summed E-state index contributed by atoms with van der Waals surface area (Å²) in [5, 5.41) is 3.12. The summed E-state index contributed by atoms with van der Waals surface area (Å²) in [4.78, 5) is 25.1. The lowest BCUT2D eigenvalue weighted by molar-refractivity contribution is 0.178. The molecule has 152 valence electrons. The highest BCUT2D eigenvalue weighted by Gasteiger charge is 2.26. The molecule has 1 aliphatic heterocycles. The van der Waals surface area contributed by atoms with Gasteiger partial charge >= 0.3 is 6.03 Å². The predicted molar refractivity (Wildman–Crippen MR) is 116 cm³/mol. The Labute approximate surface area is 171 Å². The molecule has 0 bridgehead atoms. The predicted octanol–water partition coefficient (Wildman–Crippen LogP) is 3.71. The highest BCUT2D eigenvalue weighted by atomic mass is 16.2. The first kappa shape index (κ1) is 19.5. The monoisotopic (exact) mass is 391 g/mol. The smallest absolute Gasteiger partial charge is 0.317 e. The Bertz CT molecular complexity index is 947. The van der Waals surface area contributed by atoms with Gasteiger partial charge in [-0.25, -0.2) is 9.78 Å². The van der Waals surface area contributed by atoms with Gasteiger partial charge in [0, 0.05) is 32.1 Å². The van der Waals surface area contributed by atoms with Crippen molar-refractivity contribution in [3.8, 4) is 0 Å². The first-order valence-corrected chi connectivity index (χ1v) is 10.3. The Morgan fingerprint density at radius 3 is 2.72 bits per heavy atom. The molecule has 6 nitrogen and oxygen atoms in total. The lowest BCUT2D eigenvalue weighted by Gasteiger charge is -2.32. The van der Waals surface area contributed by atoms with Crippen molar-refractivity contribution in [1.82, 2.24) is 25.1 Å². The summed E-state index contributed by atoms with van der Waals surface area (Å²) in [5.41, 5.74) is 4.46. The summed E-state index contributed by atoms with van der Waals surface area (Å²) in [5.74, 6) is 1.24. The van der Waals surface area contributed by atoms with Gasteiger partial charge in [0.2, 0.25) is 0 Å². The number of piperidine rings is 1. The average Bonchev–Trinajstić information content (AvgIpc) is 3.17. The SMILES string of the molecule is CN(C)Cc1ccccc1CNC(=O)N1CCC[C@@H](c2nc3ccccc3[nH]2)C1. The Morgan fingerprint density at radius 1 is 1.17 bits per heavy atom. The molecular weight excluding hydrogens is 362 g/mol. The standard InChI is InChI=1S/C23H29N5O/c1-27(2)15-18-9-4-3-8-17(18)14-24-23(29)28-13-7-10-19(16-28)22-25-20-11-5-6-12-21(20)26-22/h3-6,8-9,11-12,19H,7,10,13-16H2,1-2H3,(H,24,29)(H,25,26)/t19-/m1/s1. The summed E-state index contributed by atoms with van der Waals surface area (Å²) >= 11 is 0. The average molecular weight is 392 g/mol. The van der Waals surface area contributed by atoms with E-state index in [1.807, 2.05) is 41.3 Å². The van der Waals surface area contributed by atoms with E-state index >= 15 is 0 Å².